The van der Waals surface area contributed by atoms with E-state index in [1.807, 2.05) is 0 Å². The normalized spacial score (nSPS) is 23.6. The number of nitrogens with zero attached hydrogens (tertiary/aromatic N) is 2. The SMILES string of the molecule is O=C(N[C@H]1CCN(CC2CCCC2)C1)c1ccnc(F)c1. The Morgan fingerprint density at radius 1 is 1.38 bits per heavy atom. The van der Waals surface area contributed by atoms with Crippen molar-refractivity contribution in [2.75, 3.05) is 19.6 Å². The van der Waals surface area contributed by atoms with Gasteiger partial charge < -0.3 is 10.2 Å². The maximum atomic E-state index is 13.0. The van der Waals surface area contributed by atoms with Crippen molar-refractivity contribution in [1.82, 2.24) is 15.2 Å². The molecule has 21 heavy (non-hydrogen) atoms. The minimum absolute atomic E-state index is 0.176. The molecule has 1 aliphatic carbocycles. The summed E-state index contributed by atoms with van der Waals surface area (Å²) in [5.41, 5.74) is 0.344. The maximum Gasteiger partial charge on any atom is 0.251 e. The minimum atomic E-state index is -0.614. The van der Waals surface area contributed by atoms with Gasteiger partial charge in [0.2, 0.25) is 5.95 Å². The molecule has 2 heterocycles. The van der Waals surface area contributed by atoms with Gasteiger partial charge in [0.15, 0.2) is 0 Å². The number of amides is 1. The van der Waals surface area contributed by atoms with Crippen molar-refractivity contribution in [3.05, 3.63) is 29.8 Å². The van der Waals surface area contributed by atoms with Crippen molar-refractivity contribution >= 4 is 5.91 Å². The van der Waals surface area contributed by atoms with Gasteiger partial charge in [0, 0.05) is 43.5 Å². The molecule has 1 aliphatic heterocycles. The van der Waals surface area contributed by atoms with Crippen LogP contribution in [-0.2, 0) is 0 Å². The Bertz CT molecular complexity index is 502. The highest BCUT2D eigenvalue weighted by Gasteiger charge is 2.27. The largest absolute Gasteiger partial charge is 0.348 e. The summed E-state index contributed by atoms with van der Waals surface area (Å²) in [4.78, 5) is 18.0. The number of carbonyl (C=O) groups is 1. The summed E-state index contributed by atoms with van der Waals surface area (Å²) in [6.07, 6.45) is 7.74. The highest BCUT2D eigenvalue weighted by molar-refractivity contribution is 5.94. The molecule has 2 fully saturated rings. The van der Waals surface area contributed by atoms with Crippen LogP contribution in [0.2, 0.25) is 0 Å². The number of likely N-dealkylation sites (tertiary alicyclic amines) is 1. The van der Waals surface area contributed by atoms with Gasteiger partial charge >= 0.3 is 0 Å². The van der Waals surface area contributed by atoms with Crippen molar-refractivity contribution in [2.45, 2.75) is 38.1 Å². The molecule has 2 aliphatic rings. The molecule has 1 atom stereocenters. The summed E-state index contributed by atoms with van der Waals surface area (Å²) in [5, 5.41) is 3.00. The molecule has 1 saturated carbocycles. The van der Waals surface area contributed by atoms with Crippen molar-refractivity contribution in [3.8, 4) is 0 Å². The molecular formula is C16H22FN3O. The highest BCUT2D eigenvalue weighted by atomic mass is 19.1. The van der Waals surface area contributed by atoms with E-state index < -0.39 is 5.95 Å². The summed E-state index contributed by atoms with van der Waals surface area (Å²) in [6.45, 7) is 3.12. The van der Waals surface area contributed by atoms with Gasteiger partial charge in [-0.2, -0.15) is 4.39 Å². The third kappa shape index (κ3) is 3.79. The van der Waals surface area contributed by atoms with E-state index in [1.54, 1.807) is 6.07 Å². The zero-order valence-corrected chi connectivity index (χ0v) is 12.2. The summed E-state index contributed by atoms with van der Waals surface area (Å²) in [5.74, 6) is 0.0229. The van der Waals surface area contributed by atoms with E-state index >= 15 is 0 Å². The second kappa shape index (κ2) is 6.52. The van der Waals surface area contributed by atoms with Crippen molar-refractivity contribution in [2.24, 2.45) is 5.92 Å². The fraction of sp³-hybridized carbons (Fsp3) is 0.625. The third-order valence-corrected chi connectivity index (χ3v) is 4.59. The van der Waals surface area contributed by atoms with E-state index in [4.69, 9.17) is 0 Å². The summed E-state index contributed by atoms with van der Waals surface area (Å²) in [6, 6.07) is 2.90. The van der Waals surface area contributed by atoms with Gasteiger partial charge in [0.05, 0.1) is 0 Å². The fourth-order valence-corrected chi connectivity index (χ4v) is 3.49. The molecule has 0 radical (unpaired) electrons. The van der Waals surface area contributed by atoms with Crippen LogP contribution in [0.4, 0.5) is 4.39 Å². The van der Waals surface area contributed by atoms with Crippen LogP contribution in [0, 0.1) is 11.9 Å². The Labute approximate surface area is 124 Å². The molecule has 114 valence electrons. The number of aromatic nitrogens is 1. The molecular weight excluding hydrogens is 269 g/mol. The van der Waals surface area contributed by atoms with E-state index in [2.05, 4.69) is 15.2 Å². The lowest BCUT2D eigenvalue weighted by Gasteiger charge is -2.20. The number of hydrogen-bond acceptors (Lipinski definition) is 3. The van der Waals surface area contributed by atoms with Crippen LogP contribution in [0.25, 0.3) is 0 Å². The number of nitrogens with one attached hydrogen (secondary N) is 1. The minimum Gasteiger partial charge on any atom is -0.348 e. The first-order valence-electron chi connectivity index (χ1n) is 7.85. The van der Waals surface area contributed by atoms with Gasteiger partial charge in [0.1, 0.15) is 0 Å². The first-order valence-corrected chi connectivity index (χ1v) is 7.85. The average molecular weight is 291 g/mol. The number of hydrogen-bond donors (Lipinski definition) is 1. The lowest BCUT2D eigenvalue weighted by molar-refractivity contribution is 0.0936. The fourth-order valence-electron chi connectivity index (χ4n) is 3.49. The predicted molar refractivity (Wildman–Crippen MR) is 78.5 cm³/mol. The van der Waals surface area contributed by atoms with Crippen molar-refractivity contribution < 1.29 is 9.18 Å². The van der Waals surface area contributed by atoms with Gasteiger partial charge in [-0.25, -0.2) is 4.98 Å². The highest BCUT2D eigenvalue weighted by Crippen LogP contribution is 2.26. The Balaban J connectivity index is 1.48. The van der Waals surface area contributed by atoms with Crippen LogP contribution in [0.1, 0.15) is 42.5 Å². The average Bonchev–Trinajstić information content (AvgIpc) is 3.11. The molecule has 4 nitrogen and oxygen atoms in total. The Kier molecular flexibility index (Phi) is 4.48. The molecule has 1 N–H and O–H groups in total. The van der Waals surface area contributed by atoms with Crippen LogP contribution >= 0.6 is 0 Å². The number of halogens is 1. The maximum absolute atomic E-state index is 13.0. The van der Waals surface area contributed by atoms with Crippen LogP contribution in [-0.4, -0.2) is 41.5 Å². The number of carbonyl (C=O) groups excluding carboxylic acids is 1. The molecule has 1 aromatic heterocycles. The quantitative estimate of drug-likeness (QED) is 0.865. The Hall–Kier alpha value is -1.49. The molecule has 0 spiro atoms. The Morgan fingerprint density at radius 3 is 2.95 bits per heavy atom. The zero-order valence-electron chi connectivity index (χ0n) is 12.2. The first kappa shape index (κ1) is 14.4. The van der Waals surface area contributed by atoms with Crippen LogP contribution < -0.4 is 5.32 Å². The number of pyridine rings is 1. The van der Waals surface area contributed by atoms with E-state index in [1.165, 1.54) is 37.9 Å². The molecule has 5 heteroatoms. The van der Waals surface area contributed by atoms with Crippen LogP contribution in [0.15, 0.2) is 18.3 Å². The van der Waals surface area contributed by atoms with Gasteiger partial charge in [-0.3, -0.25) is 4.79 Å². The first-order chi connectivity index (χ1) is 10.2. The van der Waals surface area contributed by atoms with E-state index in [0.717, 1.165) is 32.0 Å². The number of rotatable bonds is 4. The lowest BCUT2D eigenvalue weighted by Crippen LogP contribution is -2.37. The van der Waals surface area contributed by atoms with E-state index in [0.29, 0.717) is 5.56 Å². The third-order valence-electron chi connectivity index (χ3n) is 4.59. The molecule has 3 rings (SSSR count). The Morgan fingerprint density at radius 2 is 2.19 bits per heavy atom. The monoisotopic (exact) mass is 291 g/mol. The lowest BCUT2D eigenvalue weighted by atomic mass is 10.1. The second-order valence-corrected chi connectivity index (χ2v) is 6.24. The van der Waals surface area contributed by atoms with Crippen LogP contribution in [0.3, 0.4) is 0 Å². The van der Waals surface area contributed by atoms with Crippen LogP contribution in [0.5, 0.6) is 0 Å². The van der Waals surface area contributed by atoms with E-state index in [-0.39, 0.29) is 11.9 Å². The molecule has 1 aromatic rings. The molecule has 0 aromatic carbocycles. The molecule has 0 unspecified atom stereocenters. The van der Waals surface area contributed by atoms with Gasteiger partial charge in [-0.1, -0.05) is 12.8 Å². The van der Waals surface area contributed by atoms with Gasteiger partial charge in [0.25, 0.3) is 5.91 Å². The summed E-state index contributed by atoms with van der Waals surface area (Å²) in [7, 11) is 0. The molecule has 1 amide bonds. The molecule has 1 saturated heterocycles. The van der Waals surface area contributed by atoms with E-state index in [9.17, 15) is 9.18 Å². The topological polar surface area (TPSA) is 45.2 Å². The predicted octanol–water partition coefficient (Wildman–Crippen LogP) is 2.21. The zero-order chi connectivity index (χ0) is 14.7. The second-order valence-electron chi connectivity index (χ2n) is 6.24. The smallest absolute Gasteiger partial charge is 0.251 e. The molecule has 0 bridgehead atoms. The van der Waals surface area contributed by atoms with Crippen molar-refractivity contribution in [1.29, 1.82) is 0 Å². The summed E-state index contributed by atoms with van der Waals surface area (Å²) < 4.78 is 13.0. The summed E-state index contributed by atoms with van der Waals surface area (Å²) >= 11 is 0. The van der Waals surface area contributed by atoms with Crippen molar-refractivity contribution in [3.63, 3.8) is 0 Å². The standard InChI is InChI=1S/C16H22FN3O/c17-15-9-13(5-7-18-15)16(21)19-14-6-8-20(11-14)10-12-3-1-2-4-12/h5,7,9,12,14H,1-4,6,8,10-11H2,(H,19,21)/t14-/m0/s1. The van der Waals surface area contributed by atoms with Gasteiger partial charge in [-0.15, -0.1) is 0 Å². The van der Waals surface area contributed by atoms with Gasteiger partial charge in [-0.05, 0) is 31.2 Å².